The van der Waals surface area contributed by atoms with Crippen LogP contribution in [0.4, 0.5) is 0 Å². The second-order valence-electron chi connectivity index (χ2n) is 8.61. The van der Waals surface area contributed by atoms with Crippen LogP contribution in [0.25, 0.3) is 0 Å². The van der Waals surface area contributed by atoms with Gasteiger partial charge in [0.1, 0.15) is 0 Å². The Morgan fingerprint density at radius 2 is 1.82 bits per heavy atom. The van der Waals surface area contributed by atoms with Crippen molar-refractivity contribution in [3.05, 3.63) is 35.4 Å². The average molecular weight is 386 g/mol. The molecule has 5 heteroatoms. The van der Waals surface area contributed by atoms with Gasteiger partial charge in [-0.15, -0.1) is 0 Å². The zero-order valence-corrected chi connectivity index (χ0v) is 18.2. The number of likely N-dealkylation sites (N-methyl/N-ethyl adjacent to an activating group) is 1. The van der Waals surface area contributed by atoms with Crippen molar-refractivity contribution in [1.29, 1.82) is 0 Å². The fraction of sp³-hybridized carbons (Fsp3) is 0.696. The summed E-state index contributed by atoms with van der Waals surface area (Å²) in [6.45, 7) is 14.2. The molecule has 28 heavy (non-hydrogen) atoms. The predicted molar refractivity (Wildman–Crippen MR) is 119 cm³/mol. The lowest BCUT2D eigenvalue weighted by molar-refractivity contribution is 0.266. The number of hydrogen-bond donors (Lipinski definition) is 1. The van der Waals surface area contributed by atoms with Crippen LogP contribution in [0.3, 0.4) is 0 Å². The van der Waals surface area contributed by atoms with E-state index < -0.39 is 0 Å². The minimum absolute atomic E-state index is 0.752. The van der Waals surface area contributed by atoms with Gasteiger partial charge in [-0.05, 0) is 63.4 Å². The van der Waals surface area contributed by atoms with Gasteiger partial charge in [-0.25, -0.2) is 4.99 Å². The highest BCUT2D eigenvalue weighted by atomic mass is 15.3. The first kappa shape index (κ1) is 21.1. The van der Waals surface area contributed by atoms with E-state index in [-0.39, 0.29) is 0 Å². The second kappa shape index (κ2) is 10.8. The van der Waals surface area contributed by atoms with Gasteiger partial charge in [-0.1, -0.05) is 31.2 Å². The van der Waals surface area contributed by atoms with Gasteiger partial charge in [0.25, 0.3) is 0 Å². The van der Waals surface area contributed by atoms with Crippen LogP contribution in [0, 0.1) is 5.92 Å². The predicted octanol–water partition coefficient (Wildman–Crippen LogP) is 3.02. The van der Waals surface area contributed by atoms with Crippen LogP contribution in [0.2, 0.25) is 0 Å². The third-order valence-corrected chi connectivity index (χ3v) is 5.94. The molecule has 3 rings (SSSR count). The molecule has 0 aromatic heterocycles. The Hall–Kier alpha value is -1.59. The zero-order valence-electron chi connectivity index (χ0n) is 18.2. The summed E-state index contributed by atoms with van der Waals surface area (Å²) in [5.41, 5.74) is 2.70. The number of nitrogens with zero attached hydrogens (tertiary/aromatic N) is 4. The van der Waals surface area contributed by atoms with Gasteiger partial charge in [0.05, 0.1) is 6.54 Å². The maximum atomic E-state index is 4.92. The molecule has 2 aliphatic rings. The summed E-state index contributed by atoms with van der Waals surface area (Å²) < 4.78 is 0. The summed E-state index contributed by atoms with van der Waals surface area (Å²) in [6, 6.07) is 9.08. The molecule has 2 heterocycles. The fourth-order valence-corrected chi connectivity index (χ4v) is 4.24. The van der Waals surface area contributed by atoms with Crippen molar-refractivity contribution in [3.8, 4) is 0 Å². The molecule has 0 aliphatic carbocycles. The minimum atomic E-state index is 0.752. The van der Waals surface area contributed by atoms with Gasteiger partial charge in [-0.3, -0.25) is 4.90 Å². The number of rotatable bonds is 5. The first-order valence-electron chi connectivity index (χ1n) is 11.2. The monoisotopic (exact) mass is 385 g/mol. The maximum absolute atomic E-state index is 4.92. The number of nitrogens with one attached hydrogen (secondary N) is 1. The van der Waals surface area contributed by atoms with Crippen molar-refractivity contribution in [2.75, 3.05) is 52.9 Å². The third-order valence-electron chi connectivity index (χ3n) is 5.94. The van der Waals surface area contributed by atoms with E-state index in [9.17, 15) is 0 Å². The Morgan fingerprint density at radius 1 is 1.04 bits per heavy atom. The van der Waals surface area contributed by atoms with Crippen LogP contribution < -0.4 is 5.32 Å². The third kappa shape index (κ3) is 6.49. The second-order valence-corrected chi connectivity index (χ2v) is 8.61. The maximum Gasteiger partial charge on any atom is 0.194 e. The van der Waals surface area contributed by atoms with Gasteiger partial charge in [0.15, 0.2) is 5.96 Å². The molecule has 2 fully saturated rings. The summed E-state index contributed by atoms with van der Waals surface area (Å²) in [5, 5.41) is 3.48. The molecule has 0 bridgehead atoms. The van der Waals surface area contributed by atoms with Crippen molar-refractivity contribution >= 4 is 5.96 Å². The van der Waals surface area contributed by atoms with Gasteiger partial charge in [0, 0.05) is 39.3 Å². The van der Waals surface area contributed by atoms with E-state index >= 15 is 0 Å². The van der Waals surface area contributed by atoms with Crippen LogP contribution in [-0.2, 0) is 13.1 Å². The first-order chi connectivity index (χ1) is 13.6. The molecule has 2 saturated heterocycles. The largest absolute Gasteiger partial charge is 0.357 e. The lowest BCUT2D eigenvalue weighted by atomic mass is 10.0. The average Bonchev–Trinajstić information content (AvgIpc) is 2.90. The summed E-state index contributed by atoms with van der Waals surface area (Å²) in [5.74, 6) is 1.84. The lowest BCUT2D eigenvalue weighted by Gasteiger charge is -2.33. The Labute approximate surface area is 171 Å². The fourth-order valence-electron chi connectivity index (χ4n) is 4.24. The van der Waals surface area contributed by atoms with Crippen LogP contribution in [0.15, 0.2) is 29.3 Å². The number of likely N-dealkylation sites (tertiary alicyclic amines) is 1. The standard InChI is InChI=1S/C23H39N5/c1-4-24-23(28-14-5-7-20(2)18-28)25-17-21-8-10-22(11-9-21)19-27-13-6-12-26(3)15-16-27/h8-11,20H,4-7,12-19H2,1-3H3,(H,24,25). The lowest BCUT2D eigenvalue weighted by Crippen LogP contribution is -2.46. The van der Waals surface area contributed by atoms with Gasteiger partial charge in [0.2, 0.25) is 0 Å². The van der Waals surface area contributed by atoms with Gasteiger partial charge >= 0.3 is 0 Å². The highest BCUT2D eigenvalue weighted by Gasteiger charge is 2.19. The SMILES string of the molecule is CCNC(=NCc1ccc(CN2CCCN(C)CC2)cc1)N1CCCC(C)C1. The van der Waals surface area contributed by atoms with Crippen molar-refractivity contribution in [3.63, 3.8) is 0 Å². The van der Waals surface area contributed by atoms with Crippen molar-refractivity contribution in [1.82, 2.24) is 20.0 Å². The number of guanidine groups is 1. The van der Waals surface area contributed by atoms with E-state index in [0.29, 0.717) is 0 Å². The van der Waals surface area contributed by atoms with Crippen LogP contribution in [-0.4, -0.2) is 73.5 Å². The van der Waals surface area contributed by atoms with Crippen molar-refractivity contribution in [2.45, 2.75) is 46.2 Å². The Morgan fingerprint density at radius 3 is 2.57 bits per heavy atom. The molecule has 5 nitrogen and oxygen atoms in total. The summed E-state index contributed by atoms with van der Waals surface area (Å²) >= 11 is 0. The van der Waals surface area contributed by atoms with Gasteiger partial charge in [-0.2, -0.15) is 0 Å². The molecule has 156 valence electrons. The van der Waals surface area contributed by atoms with Crippen LogP contribution >= 0.6 is 0 Å². The Bertz CT molecular complexity index is 612. The molecule has 0 radical (unpaired) electrons. The molecule has 1 aromatic rings. The van der Waals surface area contributed by atoms with E-state index in [0.717, 1.165) is 44.6 Å². The molecule has 0 amide bonds. The molecular formula is C23H39N5. The minimum Gasteiger partial charge on any atom is -0.357 e. The Balaban J connectivity index is 1.55. The summed E-state index contributed by atoms with van der Waals surface area (Å²) in [6.07, 6.45) is 3.88. The zero-order chi connectivity index (χ0) is 19.8. The molecule has 0 saturated carbocycles. The number of piperidine rings is 1. The van der Waals surface area contributed by atoms with E-state index in [1.165, 1.54) is 56.6 Å². The smallest absolute Gasteiger partial charge is 0.194 e. The van der Waals surface area contributed by atoms with E-state index in [4.69, 9.17) is 4.99 Å². The van der Waals surface area contributed by atoms with Crippen LogP contribution in [0.1, 0.15) is 44.2 Å². The van der Waals surface area contributed by atoms with Crippen molar-refractivity contribution < 1.29 is 0 Å². The number of hydrogen-bond acceptors (Lipinski definition) is 3. The Kier molecular flexibility index (Phi) is 8.16. The highest BCUT2D eigenvalue weighted by Crippen LogP contribution is 2.16. The summed E-state index contributed by atoms with van der Waals surface area (Å²) in [4.78, 5) is 12.4. The van der Waals surface area contributed by atoms with E-state index in [1.807, 2.05) is 0 Å². The highest BCUT2D eigenvalue weighted by molar-refractivity contribution is 5.80. The molecule has 1 aromatic carbocycles. The van der Waals surface area contributed by atoms with E-state index in [1.54, 1.807) is 0 Å². The molecule has 1 unspecified atom stereocenters. The number of aliphatic imine (C=N–C) groups is 1. The first-order valence-corrected chi connectivity index (χ1v) is 11.2. The van der Waals surface area contributed by atoms with Gasteiger partial charge < -0.3 is 15.1 Å². The molecular weight excluding hydrogens is 346 g/mol. The topological polar surface area (TPSA) is 34.1 Å². The molecule has 2 aliphatic heterocycles. The normalized spacial score (nSPS) is 22.9. The molecule has 0 spiro atoms. The summed E-state index contributed by atoms with van der Waals surface area (Å²) in [7, 11) is 2.23. The quantitative estimate of drug-likeness (QED) is 0.624. The van der Waals surface area contributed by atoms with Crippen LogP contribution in [0.5, 0.6) is 0 Å². The number of benzene rings is 1. The van der Waals surface area contributed by atoms with Crippen molar-refractivity contribution in [2.24, 2.45) is 10.9 Å². The van der Waals surface area contributed by atoms with E-state index in [2.05, 4.69) is 65.2 Å². The molecule has 1 N–H and O–H groups in total. The molecule has 1 atom stereocenters.